The molecule has 1 rings (SSSR count). The molecule has 18 heavy (non-hydrogen) atoms. The molecule has 108 valence electrons. The molecule has 3 nitrogen and oxygen atoms in total. The van der Waals surface area contributed by atoms with Gasteiger partial charge in [0.15, 0.2) is 0 Å². The number of rotatable bonds is 7. The zero-order chi connectivity index (χ0) is 13.4. The van der Waals surface area contributed by atoms with Gasteiger partial charge in [-0.25, -0.2) is 0 Å². The van der Waals surface area contributed by atoms with Crippen molar-refractivity contribution < 1.29 is 0 Å². The molecule has 1 unspecified atom stereocenters. The Labute approximate surface area is 113 Å². The first kappa shape index (κ1) is 15.9. The van der Waals surface area contributed by atoms with E-state index in [4.69, 9.17) is 5.73 Å². The molecule has 0 aromatic carbocycles. The van der Waals surface area contributed by atoms with Gasteiger partial charge in [-0.05, 0) is 51.4 Å². The van der Waals surface area contributed by atoms with E-state index in [2.05, 4.69) is 31.0 Å². The van der Waals surface area contributed by atoms with Crippen LogP contribution in [0.2, 0.25) is 0 Å². The summed E-state index contributed by atoms with van der Waals surface area (Å²) in [6, 6.07) is 0. The quantitative estimate of drug-likeness (QED) is 0.733. The van der Waals surface area contributed by atoms with Gasteiger partial charge in [0.2, 0.25) is 0 Å². The molecule has 1 aliphatic rings. The fraction of sp³-hybridized carbons (Fsp3) is 1.00. The van der Waals surface area contributed by atoms with Gasteiger partial charge in [0.1, 0.15) is 0 Å². The van der Waals surface area contributed by atoms with Gasteiger partial charge in [-0.2, -0.15) is 0 Å². The number of nitrogens with one attached hydrogen (secondary N) is 1. The molecule has 1 heterocycles. The van der Waals surface area contributed by atoms with Crippen molar-refractivity contribution in [2.24, 2.45) is 11.7 Å². The summed E-state index contributed by atoms with van der Waals surface area (Å²) in [7, 11) is 0. The SMILES string of the molecule is CCC(CC)CNC1(CN)CCCN(CC)CC1. The summed E-state index contributed by atoms with van der Waals surface area (Å²) in [4.78, 5) is 2.55. The minimum atomic E-state index is 0.201. The minimum Gasteiger partial charge on any atom is -0.329 e. The highest BCUT2D eigenvalue weighted by Gasteiger charge is 2.30. The van der Waals surface area contributed by atoms with Gasteiger partial charge < -0.3 is 16.0 Å². The molecule has 0 saturated carbocycles. The molecule has 1 saturated heterocycles. The first-order valence-corrected chi connectivity index (χ1v) is 7.87. The molecule has 0 aromatic heterocycles. The third-order valence-electron chi connectivity index (χ3n) is 4.79. The Bertz CT molecular complexity index is 216. The van der Waals surface area contributed by atoms with Crippen molar-refractivity contribution in [3.63, 3.8) is 0 Å². The molecule has 3 heteroatoms. The fourth-order valence-electron chi connectivity index (χ4n) is 2.96. The molecule has 3 N–H and O–H groups in total. The maximum Gasteiger partial charge on any atom is 0.0316 e. The van der Waals surface area contributed by atoms with E-state index in [9.17, 15) is 0 Å². The first-order chi connectivity index (χ1) is 8.69. The monoisotopic (exact) mass is 255 g/mol. The molecule has 0 bridgehead atoms. The van der Waals surface area contributed by atoms with Crippen molar-refractivity contribution in [1.82, 2.24) is 10.2 Å². The van der Waals surface area contributed by atoms with E-state index in [1.54, 1.807) is 0 Å². The second kappa shape index (κ2) is 8.13. The highest BCUT2D eigenvalue weighted by molar-refractivity contribution is 4.92. The molecule has 0 spiro atoms. The molecule has 0 aliphatic carbocycles. The zero-order valence-electron chi connectivity index (χ0n) is 12.7. The topological polar surface area (TPSA) is 41.3 Å². The fourth-order valence-corrected chi connectivity index (χ4v) is 2.96. The van der Waals surface area contributed by atoms with Crippen LogP contribution in [0.4, 0.5) is 0 Å². The van der Waals surface area contributed by atoms with Crippen LogP contribution in [0.3, 0.4) is 0 Å². The number of hydrogen-bond donors (Lipinski definition) is 2. The molecular formula is C15H33N3. The van der Waals surface area contributed by atoms with Gasteiger partial charge in [-0.3, -0.25) is 0 Å². The highest BCUT2D eigenvalue weighted by Crippen LogP contribution is 2.22. The lowest BCUT2D eigenvalue weighted by Gasteiger charge is -2.34. The summed E-state index contributed by atoms with van der Waals surface area (Å²) in [6.45, 7) is 12.4. The third kappa shape index (κ3) is 4.52. The van der Waals surface area contributed by atoms with E-state index < -0.39 is 0 Å². The molecule has 1 aliphatic heterocycles. The van der Waals surface area contributed by atoms with Gasteiger partial charge in [-0.15, -0.1) is 0 Å². The van der Waals surface area contributed by atoms with Crippen LogP contribution in [0.1, 0.15) is 52.9 Å². The molecule has 0 amide bonds. The Morgan fingerprint density at radius 1 is 1.17 bits per heavy atom. The third-order valence-corrected chi connectivity index (χ3v) is 4.79. The second-order valence-corrected chi connectivity index (χ2v) is 5.84. The van der Waals surface area contributed by atoms with Gasteiger partial charge >= 0.3 is 0 Å². The summed E-state index contributed by atoms with van der Waals surface area (Å²) >= 11 is 0. The van der Waals surface area contributed by atoms with Crippen molar-refractivity contribution in [3.8, 4) is 0 Å². The lowest BCUT2D eigenvalue weighted by Crippen LogP contribution is -2.53. The lowest BCUT2D eigenvalue weighted by molar-refractivity contribution is 0.253. The van der Waals surface area contributed by atoms with Crippen molar-refractivity contribution >= 4 is 0 Å². The average Bonchev–Trinajstić information content (AvgIpc) is 2.63. The van der Waals surface area contributed by atoms with E-state index in [1.807, 2.05) is 0 Å². The standard InChI is InChI=1S/C15H33N3/c1-4-14(5-2)12-17-15(13-16)8-7-10-18(6-3)11-9-15/h14,17H,4-13,16H2,1-3H3. The van der Waals surface area contributed by atoms with Gasteiger partial charge in [0.05, 0.1) is 0 Å². The van der Waals surface area contributed by atoms with Crippen molar-refractivity contribution in [2.75, 3.05) is 32.7 Å². The van der Waals surface area contributed by atoms with Gasteiger partial charge in [-0.1, -0.05) is 33.6 Å². The molecular weight excluding hydrogens is 222 g/mol. The Morgan fingerprint density at radius 3 is 2.44 bits per heavy atom. The van der Waals surface area contributed by atoms with E-state index in [0.29, 0.717) is 0 Å². The zero-order valence-corrected chi connectivity index (χ0v) is 12.7. The first-order valence-electron chi connectivity index (χ1n) is 7.87. The van der Waals surface area contributed by atoms with Crippen LogP contribution in [-0.2, 0) is 0 Å². The van der Waals surface area contributed by atoms with E-state index >= 15 is 0 Å². The lowest BCUT2D eigenvalue weighted by atomic mass is 9.89. The van der Waals surface area contributed by atoms with E-state index in [1.165, 1.54) is 51.7 Å². The summed E-state index contributed by atoms with van der Waals surface area (Å²) in [6.07, 6.45) is 6.26. The normalized spacial score (nSPS) is 26.5. The van der Waals surface area contributed by atoms with E-state index in [-0.39, 0.29) is 5.54 Å². The summed E-state index contributed by atoms with van der Waals surface area (Å²) in [5, 5.41) is 3.82. The smallest absolute Gasteiger partial charge is 0.0316 e. The largest absolute Gasteiger partial charge is 0.329 e. The summed E-state index contributed by atoms with van der Waals surface area (Å²) in [5.41, 5.74) is 6.28. The van der Waals surface area contributed by atoms with Crippen LogP contribution in [0.15, 0.2) is 0 Å². The summed E-state index contributed by atoms with van der Waals surface area (Å²) in [5.74, 6) is 0.805. The maximum atomic E-state index is 6.08. The second-order valence-electron chi connectivity index (χ2n) is 5.84. The predicted molar refractivity (Wildman–Crippen MR) is 79.8 cm³/mol. The van der Waals surface area contributed by atoms with Gasteiger partial charge in [0.25, 0.3) is 0 Å². The van der Waals surface area contributed by atoms with Crippen LogP contribution in [-0.4, -0.2) is 43.2 Å². The Hall–Kier alpha value is -0.120. The predicted octanol–water partition coefficient (Wildman–Crippen LogP) is 2.22. The van der Waals surface area contributed by atoms with Crippen molar-refractivity contribution in [2.45, 2.75) is 58.4 Å². The highest BCUT2D eigenvalue weighted by atomic mass is 15.1. The number of likely N-dealkylation sites (tertiary alicyclic amines) is 1. The van der Waals surface area contributed by atoms with E-state index in [0.717, 1.165) is 19.0 Å². The molecule has 0 aromatic rings. The summed E-state index contributed by atoms with van der Waals surface area (Å²) < 4.78 is 0. The van der Waals surface area contributed by atoms with Crippen LogP contribution in [0.25, 0.3) is 0 Å². The van der Waals surface area contributed by atoms with Crippen LogP contribution >= 0.6 is 0 Å². The maximum absolute atomic E-state index is 6.08. The Balaban J connectivity index is 2.51. The number of hydrogen-bond acceptors (Lipinski definition) is 3. The van der Waals surface area contributed by atoms with Crippen LogP contribution in [0, 0.1) is 5.92 Å². The van der Waals surface area contributed by atoms with Crippen LogP contribution in [0.5, 0.6) is 0 Å². The Morgan fingerprint density at radius 2 is 1.89 bits per heavy atom. The number of nitrogens with two attached hydrogens (primary N) is 1. The molecule has 0 radical (unpaired) electrons. The minimum absolute atomic E-state index is 0.201. The Kier molecular flexibility index (Phi) is 7.20. The number of nitrogens with zero attached hydrogens (tertiary/aromatic N) is 1. The average molecular weight is 255 g/mol. The van der Waals surface area contributed by atoms with Gasteiger partial charge in [0, 0.05) is 12.1 Å². The molecule has 1 fully saturated rings. The van der Waals surface area contributed by atoms with Crippen molar-refractivity contribution in [3.05, 3.63) is 0 Å². The molecule has 1 atom stereocenters. The van der Waals surface area contributed by atoms with Crippen molar-refractivity contribution in [1.29, 1.82) is 0 Å². The van der Waals surface area contributed by atoms with Crippen LogP contribution < -0.4 is 11.1 Å².